The summed E-state index contributed by atoms with van der Waals surface area (Å²) in [5.41, 5.74) is 1.52. The Labute approximate surface area is 103 Å². The summed E-state index contributed by atoms with van der Waals surface area (Å²) < 4.78 is 4.64. The second-order valence-electron chi connectivity index (χ2n) is 3.74. The average molecular weight is 255 g/mol. The Morgan fingerprint density at radius 2 is 2.35 bits per heavy atom. The van der Waals surface area contributed by atoms with Gasteiger partial charge in [-0.05, 0) is 24.6 Å². The maximum atomic E-state index is 11.8. The molecule has 0 bridgehead atoms. The van der Waals surface area contributed by atoms with Crippen molar-refractivity contribution in [3.05, 3.63) is 28.8 Å². The predicted octanol–water partition coefficient (Wildman–Crippen LogP) is 1.70. The van der Waals surface area contributed by atoms with Crippen molar-refractivity contribution in [1.82, 2.24) is 5.32 Å². The van der Waals surface area contributed by atoms with Crippen molar-refractivity contribution in [3.8, 4) is 0 Å². The number of nitrogens with one attached hydrogen (secondary N) is 2. The van der Waals surface area contributed by atoms with E-state index in [9.17, 15) is 9.59 Å². The van der Waals surface area contributed by atoms with Crippen LogP contribution in [0.2, 0.25) is 5.02 Å². The van der Waals surface area contributed by atoms with Crippen LogP contribution in [0.25, 0.3) is 0 Å². The first kappa shape index (κ1) is 11.7. The van der Waals surface area contributed by atoms with Crippen molar-refractivity contribution in [2.24, 2.45) is 0 Å². The van der Waals surface area contributed by atoms with Crippen molar-refractivity contribution < 1.29 is 14.3 Å². The summed E-state index contributed by atoms with van der Waals surface area (Å²) in [5.74, 6) is -0.318. The van der Waals surface area contributed by atoms with Crippen LogP contribution in [0.4, 0.5) is 10.5 Å². The minimum absolute atomic E-state index is 0.0459. The highest BCUT2D eigenvalue weighted by molar-refractivity contribution is 6.31. The van der Waals surface area contributed by atoms with Crippen LogP contribution >= 0.6 is 11.6 Å². The van der Waals surface area contributed by atoms with E-state index < -0.39 is 12.1 Å². The second kappa shape index (κ2) is 4.63. The minimum atomic E-state index is -0.652. The molecule has 1 aliphatic rings. The summed E-state index contributed by atoms with van der Waals surface area (Å²) in [6.07, 6.45) is -0.576. The fourth-order valence-corrected chi connectivity index (χ4v) is 1.65. The van der Waals surface area contributed by atoms with Crippen molar-refractivity contribution in [1.29, 1.82) is 0 Å². The van der Waals surface area contributed by atoms with E-state index >= 15 is 0 Å². The summed E-state index contributed by atoms with van der Waals surface area (Å²) in [7, 11) is 0. The van der Waals surface area contributed by atoms with E-state index in [0.717, 1.165) is 5.56 Å². The van der Waals surface area contributed by atoms with Crippen molar-refractivity contribution >= 4 is 29.3 Å². The van der Waals surface area contributed by atoms with E-state index in [1.807, 2.05) is 13.0 Å². The molecule has 1 aliphatic heterocycles. The third-order valence-electron chi connectivity index (χ3n) is 2.45. The molecule has 0 saturated carbocycles. The minimum Gasteiger partial charge on any atom is -0.447 e. The van der Waals surface area contributed by atoms with E-state index in [2.05, 4.69) is 15.4 Å². The van der Waals surface area contributed by atoms with E-state index in [0.29, 0.717) is 10.7 Å². The Balaban J connectivity index is 2.07. The number of carbonyl (C=O) groups is 2. The molecule has 0 aromatic heterocycles. The number of alkyl carbamates (subject to hydrolysis) is 1. The number of hydrogen-bond donors (Lipinski definition) is 2. The van der Waals surface area contributed by atoms with Gasteiger partial charge in [-0.25, -0.2) is 4.79 Å². The number of hydrogen-bond acceptors (Lipinski definition) is 3. The Kier molecular flexibility index (Phi) is 3.19. The lowest BCUT2D eigenvalue weighted by atomic mass is 10.2. The molecular formula is C11H11ClN2O3. The highest BCUT2D eigenvalue weighted by atomic mass is 35.5. The van der Waals surface area contributed by atoms with Gasteiger partial charge in [0.05, 0.1) is 0 Å². The maximum absolute atomic E-state index is 11.8. The highest BCUT2D eigenvalue weighted by Crippen LogP contribution is 2.20. The number of cyclic esters (lactones) is 1. The lowest BCUT2D eigenvalue weighted by Crippen LogP contribution is -2.38. The maximum Gasteiger partial charge on any atom is 0.407 e. The molecule has 0 spiro atoms. The standard InChI is InChI=1S/C11H11ClN2O3/c1-6-2-3-7(12)4-8(6)13-10(15)9-5-17-11(16)14-9/h2-4,9H,5H2,1H3,(H,13,15)(H,14,16). The molecule has 1 aromatic rings. The quantitative estimate of drug-likeness (QED) is 0.844. The molecule has 5 nitrogen and oxygen atoms in total. The van der Waals surface area contributed by atoms with Gasteiger partial charge in [0.1, 0.15) is 12.6 Å². The second-order valence-corrected chi connectivity index (χ2v) is 4.18. The lowest BCUT2D eigenvalue weighted by Gasteiger charge is -2.11. The number of benzene rings is 1. The van der Waals surface area contributed by atoms with Gasteiger partial charge >= 0.3 is 6.09 Å². The molecule has 1 heterocycles. The number of anilines is 1. The molecule has 0 radical (unpaired) electrons. The Bertz CT molecular complexity index is 476. The third kappa shape index (κ3) is 2.68. The van der Waals surface area contributed by atoms with Crippen LogP contribution in [0.3, 0.4) is 0 Å². The van der Waals surface area contributed by atoms with Crippen LogP contribution in [0.5, 0.6) is 0 Å². The molecule has 1 saturated heterocycles. The molecule has 1 aromatic carbocycles. The van der Waals surface area contributed by atoms with Gasteiger partial charge in [0, 0.05) is 10.7 Å². The van der Waals surface area contributed by atoms with Gasteiger partial charge in [-0.15, -0.1) is 0 Å². The van der Waals surface area contributed by atoms with Crippen molar-refractivity contribution in [2.75, 3.05) is 11.9 Å². The largest absolute Gasteiger partial charge is 0.447 e. The summed E-state index contributed by atoms with van der Waals surface area (Å²) in [5, 5.41) is 5.64. The average Bonchev–Trinajstić information content (AvgIpc) is 2.70. The van der Waals surface area contributed by atoms with E-state index in [-0.39, 0.29) is 12.5 Å². The van der Waals surface area contributed by atoms with Crippen LogP contribution in [-0.2, 0) is 9.53 Å². The van der Waals surface area contributed by atoms with Crippen molar-refractivity contribution in [3.63, 3.8) is 0 Å². The summed E-state index contributed by atoms with van der Waals surface area (Å²) in [6.45, 7) is 1.90. The Morgan fingerprint density at radius 3 is 3.00 bits per heavy atom. The summed E-state index contributed by atoms with van der Waals surface area (Å²) >= 11 is 5.84. The van der Waals surface area contributed by atoms with Crippen LogP contribution < -0.4 is 10.6 Å². The fraction of sp³-hybridized carbons (Fsp3) is 0.273. The van der Waals surface area contributed by atoms with Gasteiger partial charge in [-0.2, -0.15) is 0 Å². The zero-order valence-corrected chi connectivity index (χ0v) is 9.88. The smallest absolute Gasteiger partial charge is 0.407 e. The fourth-order valence-electron chi connectivity index (χ4n) is 1.47. The first-order chi connectivity index (χ1) is 8.06. The van der Waals surface area contributed by atoms with Crippen LogP contribution in [0, 0.1) is 6.92 Å². The highest BCUT2D eigenvalue weighted by Gasteiger charge is 2.28. The van der Waals surface area contributed by atoms with E-state index in [1.165, 1.54) is 0 Å². The van der Waals surface area contributed by atoms with Gasteiger partial charge in [0.2, 0.25) is 0 Å². The molecule has 2 amide bonds. The molecule has 17 heavy (non-hydrogen) atoms. The first-order valence-corrected chi connectivity index (χ1v) is 5.44. The van der Waals surface area contributed by atoms with Crippen LogP contribution in [0.1, 0.15) is 5.56 Å². The lowest BCUT2D eigenvalue weighted by molar-refractivity contribution is -0.117. The number of rotatable bonds is 2. The topological polar surface area (TPSA) is 67.4 Å². The van der Waals surface area contributed by atoms with Gasteiger partial charge < -0.3 is 15.4 Å². The summed E-state index contributed by atoms with van der Waals surface area (Å²) in [6, 6.07) is 4.56. The zero-order valence-electron chi connectivity index (χ0n) is 9.12. The number of aryl methyl sites for hydroxylation is 1. The normalized spacial score (nSPS) is 18.5. The molecule has 2 rings (SSSR count). The van der Waals surface area contributed by atoms with Gasteiger partial charge in [0.25, 0.3) is 5.91 Å². The molecule has 0 aliphatic carbocycles. The van der Waals surface area contributed by atoms with Crippen LogP contribution in [-0.4, -0.2) is 24.6 Å². The molecular weight excluding hydrogens is 244 g/mol. The Hall–Kier alpha value is -1.75. The van der Waals surface area contributed by atoms with E-state index in [1.54, 1.807) is 12.1 Å². The number of ether oxygens (including phenoxy) is 1. The van der Waals surface area contributed by atoms with Crippen molar-refractivity contribution in [2.45, 2.75) is 13.0 Å². The molecule has 1 fully saturated rings. The van der Waals surface area contributed by atoms with Gasteiger partial charge in [-0.3, -0.25) is 4.79 Å². The van der Waals surface area contributed by atoms with E-state index in [4.69, 9.17) is 11.6 Å². The third-order valence-corrected chi connectivity index (χ3v) is 2.68. The number of amides is 2. The number of halogens is 1. The monoisotopic (exact) mass is 254 g/mol. The molecule has 1 unspecified atom stereocenters. The molecule has 1 atom stereocenters. The Morgan fingerprint density at radius 1 is 1.59 bits per heavy atom. The predicted molar refractivity (Wildman–Crippen MR) is 63.1 cm³/mol. The molecule has 2 N–H and O–H groups in total. The SMILES string of the molecule is Cc1ccc(Cl)cc1NC(=O)C1COC(=O)N1. The number of carbonyl (C=O) groups excluding carboxylic acids is 2. The summed E-state index contributed by atoms with van der Waals surface area (Å²) in [4.78, 5) is 22.6. The molecule has 6 heteroatoms. The van der Waals surface area contributed by atoms with Gasteiger partial charge in [0.15, 0.2) is 0 Å². The van der Waals surface area contributed by atoms with Crippen LogP contribution in [0.15, 0.2) is 18.2 Å². The van der Waals surface area contributed by atoms with Gasteiger partial charge in [-0.1, -0.05) is 17.7 Å². The first-order valence-electron chi connectivity index (χ1n) is 5.06. The zero-order chi connectivity index (χ0) is 12.4. The molecule has 90 valence electrons.